The molecule has 1 fully saturated rings. The highest BCUT2D eigenvalue weighted by atomic mass is 16.5. The second-order valence-electron chi connectivity index (χ2n) is 6.71. The molecule has 0 bridgehead atoms. The first-order chi connectivity index (χ1) is 13.5. The van der Waals surface area contributed by atoms with Crippen molar-refractivity contribution in [3.8, 4) is 0 Å². The van der Waals surface area contributed by atoms with Crippen LogP contribution in [0.2, 0.25) is 0 Å². The average Bonchev–Trinajstić information content (AvgIpc) is 2.68. The summed E-state index contributed by atoms with van der Waals surface area (Å²) in [6, 6.07) is 8.40. The van der Waals surface area contributed by atoms with Gasteiger partial charge in [0.05, 0.1) is 17.9 Å². The van der Waals surface area contributed by atoms with E-state index in [4.69, 9.17) is 4.74 Å². The number of ether oxygens (including phenoxy) is 1. The fraction of sp³-hybridized carbons (Fsp3) is 0.400. The minimum Gasteiger partial charge on any atom is -0.462 e. The van der Waals surface area contributed by atoms with Crippen LogP contribution in [0.1, 0.15) is 33.5 Å². The van der Waals surface area contributed by atoms with Crippen molar-refractivity contribution >= 4 is 23.5 Å². The number of anilines is 2. The SMILES string of the molecule is CCOC(=O)c1ccccc1NC(=O)c1cc(C)nc(N2CCN(C)CC2)n1. The van der Waals surface area contributed by atoms with Crippen LogP contribution >= 0.6 is 0 Å². The Kier molecular flexibility index (Phi) is 6.20. The van der Waals surface area contributed by atoms with Crippen LogP contribution in [0.3, 0.4) is 0 Å². The number of para-hydroxylation sites is 1. The Hall–Kier alpha value is -3.00. The molecule has 2 aromatic rings. The Morgan fingerprint density at radius 2 is 1.86 bits per heavy atom. The number of aromatic nitrogens is 2. The monoisotopic (exact) mass is 383 g/mol. The maximum absolute atomic E-state index is 12.8. The van der Waals surface area contributed by atoms with E-state index < -0.39 is 11.9 Å². The number of esters is 1. The number of nitrogens with one attached hydrogen (secondary N) is 1. The van der Waals surface area contributed by atoms with Crippen LogP contribution in [0.25, 0.3) is 0 Å². The largest absolute Gasteiger partial charge is 0.462 e. The fourth-order valence-corrected chi connectivity index (χ4v) is 2.98. The maximum atomic E-state index is 12.8. The van der Waals surface area contributed by atoms with Crippen molar-refractivity contribution in [2.24, 2.45) is 0 Å². The first-order valence-electron chi connectivity index (χ1n) is 9.34. The van der Waals surface area contributed by atoms with Crippen molar-refractivity contribution in [2.75, 3.05) is 50.1 Å². The summed E-state index contributed by atoms with van der Waals surface area (Å²) < 4.78 is 5.06. The molecule has 1 aliphatic rings. The molecular formula is C20H25N5O3. The lowest BCUT2D eigenvalue weighted by Gasteiger charge is -2.32. The molecule has 1 amide bonds. The van der Waals surface area contributed by atoms with Crippen LogP contribution in [0.15, 0.2) is 30.3 Å². The molecule has 1 aromatic carbocycles. The lowest BCUT2D eigenvalue weighted by Crippen LogP contribution is -2.45. The predicted octanol–water partition coefficient (Wildman–Crippen LogP) is 1.97. The van der Waals surface area contributed by atoms with Crippen molar-refractivity contribution in [3.05, 3.63) is 47.3 Å². The smallest absolute Gasteiger partial charge is 0.340 e. The third-order valence-corrected chi connectivity index (χ3v) is 4.53. The van der Waals surface area contributed by atoms with E-state index in [9.17, 15) is 9.59 Å². The van der Waals surface area contributed by atoms with Crippen LogP contribution in [-0.4, -0.2) is 66.6 Å². The molecule has 2 heterocycles. The number of amides is 1. The van der Waals surface area contributed by atoms with Crippen molar-refractivity contribution in [2.45, 2.75) is 13.8 Å². The lowest BCUT2D eigenvalue weighted by molar-refractivity contribution is 0.0527. The number of likely N-dealkylation sites (N-methyl/N-ethyl adjacent to an activating group) is 1. The summed E-state index contributed by atoms with van der Waals surface area (Å²) in [7, 11) is 2.08. The van der Waals surface area contributed by atoms with Gasteiger partial charge in [0.15, 0.2) is 0 Å². The highest BCUT2D eigenvalue weighted by molar-refractivity contribution is 6.07. The number of carbonyl (C=O) groups is 2. The van der Waals surface area contributed by atoms with E-state index in [0.29, 0.717) is 22.9 Å². The molecule has 3 rings (SSSR count). The summed E-state index contributed by atoms with van der Waals surface area (Å²) in [6.07, 6.45) is 0. The molecule has 148 valence electrons. The normalized spacial score (nSPS) is 14.6. The van der Waals surface area contributed by atoms with Gasteiger partial charge in [0, 0.05) is 31.9 Å². The molecule has 28 heavy (non-hydrogen) atoms. The number of benzene rings is 1. The Balaban J connectivity index is 1.81. The lowest BCUT2D eigenvalue weighted by atomic mass is 10.1. The number of hydrogen-bond acceptors (Lipinski definition) is 7. The topological polar surface area (TPSA) is 87.7 Å². The molecule has 0 spiro atoms. The second-order valence-corrected chi connectivity index (χ2v) is 6.71. The van der Waals surface area contributed by atoms with Crippen molar-refractivity contribution < 1.29 is 14.3 Å². The van der Waals surface area contributed by atoms with Gasteiger partial charge >= 0.3 is 5.97 Å². The van der Waals surface area contributed by atoms with Crippen molar-refractivity contribution in [1.82, 2.24) is 14.9 Å². The summed E-state index contributed by atoms with van der Waals surface area (Å²) in [6.45, 7) is 7.31. The zero-order chi connectivity index (χ0) is 20.1. The van der Waals surface area contributed by atoms with Crippen LogP contribution in [0.4, 0.5) is 11.6 Å². The zero-order valence-electron chi connectivity index (χ0n) is 16.4. The molecule has 1 N–H and O–H groups in total. The molecule has 1 aromatic heterocycles. The minimum absolute atomic E-state index is 0.264. The highest BCUT2D eigenvalue weighted by Gasteiger charge is 2.20. The summed E-state index contributed by atoms with van der Waals surface area (Å²) in [5.41, 5.74) is 1.68. The number of nitrogens with zero attached hydrogens (tertiary/aromatic N) is 4. The van der Waals surface area contributed by atoms with Crippen LogP contribution in [-0.2, 0) is 4.74 Å². The number of rotatable bonds is 5. The molecule has 0 aliphatic carbocycles. The molecule has 0 radical (unpaired) electrons. The Morgan fingerprint density at radius 3 is 2.57 bits per heavy atom. The number of piperazine rings is 1. The average molecular weight is 383 g/mol. The van der Waals surface area contributed by atoms with E-state index in [2.05, 4.69) is 32.1 Å². The van der Waals surface area contributed by atoms with E-state index in [1.165, 1.54) is 0 Å². The standard InChI is InChI=1S/C20H25N5O3/c1-4-28-19(27)15-7-5-6-8-16(15)22-18(26)17-13-14(2)21-20(23-17)25-11-9-24(3)10-12-25/h5-8,13H,4,9-12H2,1-3H3,(H,22,26). The van der Waals surface area contributed by atoms with Gasteiger partial charge in [0.1, 0.15) is 5.69 Å². The summed E-state index contributed by atoms with van der Waals surface area (Å²) in [4.78, 5) is 38.2. The van der Waals surface area contributed by atoms with Gasteiger partial charge in [-0.2, -0.15) is 0 Å². The summed E-state index contributed by atoms with van der Waals surface area (Å²) in [5, 5.41) is 2.77. The Bertz CT molecular complexity index is 863. The predicted molar refractivity (Wildman–Crippen MR) is 107 cm³/mol. The summed E-state index contributed by atoms with van der Waals surface area (Å²) >= 11 is 0. The highest BCUT2D eigenvalue weighted by Crippen LogP contribution is 2.18. The third-order valence-electron chi connectivity index (χ3n) is 4.53. The molecule has 0 unspecified atom stereocenters. The summed E-state index contributed by atoms with van der Waals surface area (Å²) in [5.74, 6) is -0.315. The van der Waals surface area contributed by atoms with Gasteiger partial charge in [-0.05, 0) is 39.1 Å². The number of hydrogen-bond donors (Lipinski definition) is 1. The van der Waals surface area contributed by atoms with Crippen LogP contribution in [0.5, 0.6) is 0 Å². The number of carbonyl (C=O) groups excluding carboxylic acids is 2. The van der Waals surface area contributed by atoms with Gasteiger partial charge in [-0.25, -0.2) is 14.8 Å². The van der Waals surface area contributed by atoms with Gasteiger partial charge in [0.2, 0.25) is 5.95 Å². The minimum atomic E-state index is -0.476. The van der Waals surface area contributed by atoms with E-state index in [1.54, 1.807) is 37.3 Å². The van der Waals surface area contributed by atoms with Crippen LogP contribution < -0.4 is 10.2 Å². The quantitative estimate of drug-likeness (QED) is 0.790. The van der Waals surface area contributed by atoms with Crippen molar-refractivity contribution in [3.63, 3.8) is 0 Å². The first-order valence-corrected chi connectivity index (χ1v) is 9.34. The first kappa shape index (κ1) is 19.8. The Labute approximate surface area is 164 Å². The Morgan fingerprint density at radius 1 is 1.14 bits per heavy atom. The molecule has 1 aliphatic heterocycles. The van der Waals surface area contributed by atoms with Crippen LogP contribution in [0, 0.1) is 6.92 Å². The van der Waals surface area contributed by atoms with E-state index in [1.807, 2.05) is 6.92 Å². The van der Waals surface area contributed by atoms with Gasteiger partial charge in [-0.15, -0.1) is 0 Å². The van der Waals surface area contributed by atoms with E-state index in [-0.39, 0.29) is 12.3 Å². The molecule has 1 saturated heterocycles. The van der Waals surface area contributed by atoms with Gasteiger partial charge in [-0.1, -0.05) is 12.1 Å². The van der Waals surface area contributed by atoms with Gasteiger partial charge < -0.3 is 19.9 Å². The van der Waals surface area contributed by atoms with E-state index >= 15 is 0 Å². The molecule has 0 saturated carbocycles. The van der Waals surface area contributed by atoms with E-state index in [0.717, 1.165) is 26.2 Å². The molecular weight excluding hydrogens is 358 g/mol. The zero-order valence-corrected chi connectivity index (χ0v) is 16.4. The number of aryl methyl sites for hydroxylation is 1. The fourth-order valence-electron chi connectivity index (χ4n) is 2.98. The molecule has 0 atom stereocenters. The van der Waals surface area contributed by atoms with Gasteiger partial charge in [-0.3, -0.25) is 4.79 Å². The second kappa shape index (κ2) is 8.79. The third kappa shape index (κ3) is 4.64. The molecule has 8 heteroatoms. The van der Waals surface area contributed by atoms with Gasteiger partial charge in [0.25, 0.3) is 5.91 Å². The van der Waals surface area contributed by atoms with Crippen molar-refractivity contribution in [1.29, 1.82) is 0 Å². The molecule has 8 nitrogen and oxygen atoms in total. The maximum Gasteiger partial charge on any atom is 0.340 e.